The number of halogens is 2. The summed E-state index contributed by atoms with van der Waals surface area (Å²) in [5.41, 5.74) is 2.38. The number of rotatable bonds is 4. The maximum Gasteiger partial charge on any atom is 0.0424 e. The molecule has 0 spiro atoms. The Hall–Kier alpha value is -1.54. The summed E-state index contributed by atoms with van der Waals surface area (Å²) in [6, 6.07) is 20.4. The van der Waals surface area contributed by atoms with E-state index in [1.807, 2.05) is 12.1 Å². The monoisotopic (exact) mass is 315 g/mol. The van der Waals surface area contributed by atoms with Gasteiger partial charge in [0.2, 0.25) is 0 Å². The van der Waals surface area contributed by atoms with E-state index < -0.39 is 0 Å². The van der Waals surface area contributed by atoms with Crippen molar-refractivity contribution in [1.29, 1.82) is 0 Å². The van der Waals surface area contributed by atoms with E-state index in [4.69, 9.17) is 23.2 Å². The van der Waals surface area contributed by atoms with Crippen LogP contribution < -0.4 is 5.32 Å². The van der Waals surface area contributed by atoms with Crippen LogP contribution in [-0.4, -0.2) is 0 Å². The highest BCUT2D eigenvalue weighted by atomic mass is 35.5. The van der Waals surface area contributed by atoms with Crippen molar-refractivity contribution in [2.45, 2.75) is 13.1 Å². The van der Waals surface area contributed by atoms with Crippen LogP contribution in [0.15, 0.2) is 60.7 Å². The third-order valence-electron chi connectivity index (χ3n) is 3.45. The molecular weight excluding hydrogens is 301 g/mol. The van der Waals surface area contributed by atoms with Gasteiger partial charge in [0.1, 0.15) is 0 Å². The van der Waals surface area contributed by atoms with Crippen LogP contribution in [0.3, 0.4) is 0 Å². The predicted molar refractivity (Wildman–Crippen MR) is 91.0 cm³/mol. The van der Waals surface area contributed by atoms with E-state index in [0.29, 0.717) is 10.0 Å². The third kappa shape index (κ3) is 3.56. The lowest BCUT2D eigenvalue weighted by atomic mass is 10.0. The zero-order chi connectivity index (χ0) is 14.7. The first-order valence-electron chi connectivity index (χ1n) is 6.85. The zero-order valence-electron chi connectivity index (χ0n) is 11.4. The minimum absolute atomic E-state index is 0.671. The van der Waals surface area contributed by atoms with Gasteiger partial charge >= 0.3 is 0 Å². The van der Waals surface area contributed by atoms with Gasteiger partial charge in [-0.15, -0.1) is 0 Å². The van der Waals surface area contributed by atoms with E-state index in [1.54, 1.807) is 6.07 Å². The van der Waals surface area contributed by atoms with Gasteiger partial charge in [-0.25, -0.2) is 0 Å². The lowest BCUT2D eigenvalue weighted by molar-refractivity contribution is 0.696. The van der Waals surface area contributed by atoms with Crippen molar-refractivity contribution >= 4 is 34.0 Å². The van der Waals surface area contributed by atoms with Gasteiger partial charge in [0.05, 0.1) is 0 Å². The van der Waals surface area contributed by atoms with Crippen molar-refractivity contribution in [2.75, 3.05) is 0 Å². The number of benzene rings is 3. The third-order valence-corrected chi connectivity index (χ3v) is 3.88. The van der Waals surface area contributed by atoms with Gasteiger partial charge in [-0.05, 0) is 40.1 Å². The first kappa shape index (κ1) is 14.4. The molecule has 106 valence electrons. The fourth-order valence-corrected chi connectivity index (χ4v) is 3.07. The highest BCUT2D eigenvalue weighted by Crippen LogP contribution is 2.20. The van der Waals surface area contributed by atoms with Crippen molar-refractivity contribution in [2.24, 2.45) is 0 Å². The fraction of sp³-hybridized carbons (Fsp3) is 0.111. The second kappa shape index (κ2) is 6.48. The van der Waals surface area contributed by atoms with Crippen LogP contribution in [0, 0.1) is 0 Å². The summed E-state index contributed by atoms with van der Waals surface area (Å²) in [7, 11) is 0. The number of hydrogen-bond acceptors (Lipinski definition) is 1. The molecule has 0 aromatic heterocycles. The Bertz CT molecular complexity index is 743. The normalized spacial score (nSPS) is 11.0. The minimum atomic E-state index is 0.671. The molecule has 21 heavy (non-hydrogen) atoms. The Kier molecular flexibility index (Phi) is 4.45. The molecule has 0 saturated heterocycles. The van der Waals surface area contributed by atoms with Gasteiger partial charge in [0, 0.05) is 23.1 Å². The van der Waals surface area contributed by atoms with Gasteiger partial charge in [-0.2, -0.15) is 0 Å². The van der Waals surface area contributed by atoms with Gasteiger partial charge in [-0.1, -0.05) is 65.7 Å². The molecule has 0 amide bonds. The molecule has 0 radical (unpaired) electrons. The lowest BCUT2D eigenvalue weighted by Gasteiger charge is -2.09. The second-order valence-corrected chi connectivity index (χ2v) is 5.89. The van der Waals surface area contributed by atoms with E-state index >= 15 is 0 Å². The topological polar surface area (TPSA) is 12.0 Å². The Labute approximate surface area is 134 Å². The maximum absolute atomic E-state index is 6.01. The molecule has 0 aliphatic carbocycles. The summed E-state index contributed by atoms with van der Waals surface area (Å²) in [5.74, 6) is 0. The van der Waals surface area contributed by atoms with Gasteiger partial charge in [-0.3, -0.25) is 0 Å². The molecule has 0 saturated carbocycles. The van der Waals surface area contributed by atoms with Crippen molar-refractivity contribution < 1.29 is 0 Å². The lowest BCUT2D eigenvalue weighted by Crippen LogP contribution is -2.12. The molecule has 0 aliphatic rings. The van der Waals surface area contributed by atoms with Crippen LogP contribution in [-0.2, 0) is 13.1 Å². The van der Waals surface area contributed by atoms with Crippen LogP contribution in [0.2, 0.25) is 10.0 Å². The van der Waals surface area contributed by atoms with E-state index in [0.717, 1.165) is 18.7 Å². The molecule has 3 aromatic carbocycles. The molecule has 0 bridgehead atoms. The average Bonchev–Trinajstić information content (AvgIpc) is 2.46. The summed E-state index contributed by atoms with van der Waals surface area (Å²) < 4.78 is 0. The molecule has 0 fully saturated rings. The van der Waals surface area contributed by atoms with E-state index in [2.05, 4.69) is 47.8 Å². The Morgan fingerprint density at radius 2 is 1.48 bits per heavy atom. The number of hydrogen-bond donors (Lipinski definition) is 1. The van der Waals surface area contributed by atoms with Crippen molar-refractivity contribution in [3.8, 4) is 0 Å². The largest absolute Gasteiger partial charge is 0.309 e. The van der Waals surface area contributed by atoms with Crippen molar-refractivity contribution in [3.63, 3.8) is 0 Å². The summed E-state index contributed by atoms with van der Waals surface area (Å²) >= 11 is 12.0. The van der Waals surface area contributed by atoms with Gasteiger partial charge in [0.15, 0.2) is 0 Å². The molecule has 0 unspecified atom stereocenters. The number of fused-ring (bicyclic) bond motifs is 1. The molecule has 1 nitrogen and oxygen atoms in total. The zero-order valence-corrected chi connectivity index (χ0v) is 13.0. The summed E-state index contributed by atoms with van der Waals surface area (Å²) in [5, 5.41) is 7.34. The Balaban J connectivity index is 1.72. The second-order valence-electron chi connectivity index (χ2n) is 5.02. The Morgan fingerprint density at radius 3 is 2.29 bits per heavy atom. The van der Waals surface area contributed by atoms with E-state index in [-0.39, 0.29) is 0 Å². The SMILES string of the molecule is Clc1cc(Cl)cc(CNCc2cccc3ccccc23)c1. The smallest absolute Gasteiger partial charge is 0.0424 e. The summed E-state index contributed by atoms with van der Waals surface area (Å²) in [6.07, 6.45) is 0. The molecule has 0 atom stereocenters. The minimum Gasteiger partial charge on any atom is -0.309 e. The van der Waals surface area contributed by atoms with E-state index in [1.165, 1.54) is 16.3 Å². The maximum atomic E-state index is 6.01. The van der Waals surface area contributed by atoms with E-state index in [9.17, 15) is 0 Å². The summed E-state index contributed by atoms with van der Waals surface area (Å²) in [4.78, 5) is 0. The molecule has 3 aromatic rings. The molecule has 3 heteroatoms. The number of nitrogens with one attached hydrogen (secondary N) is 1. The van der Waals surface area contributed by atoms with Crippen LogP contribution in [0.1, 0.15) is 11.1 Å². The quantitative estimate of drug-likeness (QED) is 0.676. The predicted octanol–water partition coefficient (Wildman–Crippen LogP) is 5.44. The van der Waals surface area contributed by atoms with Gasteiger partial charge < -0.3 is 5.32 Å². The average molecular weight is 316 g/mol. The standard InChI is InChI=1S/C18H15Cl2N/c19-16-8-13(9-17(20)10-16)11-21-12-15-6-3-5-14-4-1-2-7-18(14)15/h1-10,21H,11-12H2. The molecule has 0 heterocycles. The van der Waals surface area contributed by atoms with Crippen LogP contribution in [0.25, 0.3) is 10.8 Å². The first-order valence-corrected chi connectivity index (χ1v) is 7.60. The van der Waals surface area contributed by atoms with Crippen LogP contribution in [0.5, 0.6) is 0 Å². The van der Waals surface area contributed by atoms with Gasteiger partial charge in [0.25, 0.3) is 0 Å². The van der Waals surface area contributed by atoms with Crippen LogP contribution in [0.4, 0.5) is 0 Å². The summed E-state index contributed by atoms with van der Waals surface area (Å²) in [6.45, 7) is 1.55. The molecule has 3 rings (SSSR count). The fourth-order valence-electron chi connectivity index (χ4n) is 2.50. The van der Waals surface area contributed by atoms with Crippen molar-refractivity contribution in [3.05, 3.63) is 81.8 Å². The highest BCUT2D eigenvalue weighted by Gasteiger charge is 2.01. The van der Waals surface area contributed by atoms with Crippen LogP contribution >= 0.6 is 23.2 Å². The molecule has 0 aliphatic heterocycles. The Morgan fingerprint density at radius 1 is 0.762 bits per heavy atom. The molecule has 1 N–H and O–H groups in total. The molecular formula is C18H15Cl2N. The first-order chi connectivity index (χ1) is 10.2. The highest BCUT2D eigenvalue weighted by molar-refractivity contribution is 6.34. The van der Waals surface area contributed by atoms with Crippen molar-refractivity contribution in [1.82, 2.24) is 5.32 Å².